The lowest BCUT2D eigenvalue weighted by molar-refractivity contribution is -0.901. The molecule has 2 fully saturated rings. The van der Waals surface area contributed by atoms with Crippen molar-refractivity contribution in [3.05, 3.63) is 65.7 Å². The van der Waals surface area contributed by atoms with E-state index in [1.54, 1.807) is 0 Å². The number of benzene rings is 2. The number of rotatable bonds is 7. The van der Waals surface area contributed by atoms with Crippen LogP contribution in [0.3, 0.4) is 0 Å². The summed E-state index contributed by atoms with van der Waals surface area (Å²) < 4.78 is 0. The van der Waals surface area contributed by atoms with Crippen LogP contribution in [0, 0.1) is 0 Å². The van der Waals surface area contributed by atoms with Gasteiger partial charge in [0.2, 0.25) is 0 Å². The van der Waals surface area contributed by atoms with E-state index in [0.717, 1.165) is 30.1 Å². The molecule has 6 nitrogen and oxygen atoms in total. The van der Waals surface area contributed by atoms with E-state index < -0.39 is 5.54 Å². The Balaban J connectivity index is 1.50. The van der Waals surface area contributed by atoms with Crippen LogP contribution in [0.15, 0.2) is 54.6 Å². The highest BCUT2D eigenvalue weighted by Crippen LogP contribution is 2.31. The Bertz CT molecular complexity index is 910. The van der Waals surface area contributed by atoms with Gasteiger partial charge in [-0.05, 0) is 30.9 Å². The smallest absolute Gasteiger partial charge is 0.329 e. The predicted molar refractivity (Wildman–Crippen MR) is 117 cm³/mol. The molecule has 2 atom stereocenters. The molecule has 1 unspecified atom stereocenters. The van der Waals surface area contributed by atoms with Gasteiger partial charge in [-0.1, -0.05) is 55.5 Å². The highest BCUT2D eigenvalue weighted by Gasteiger charge is 2.52. The van der Waals surface area contributed by atoms with Crippen molar-refractivity contribution in [2.45, 2.75) is 38.3 Å². The van der Waals surface area contributed by atoms with Gasteiger partial charge in [-0.3, -0.25) is 4.79 Å². The number of amides is 3. The summed E-state index contributed by atoms with van der Waals surface area (Å²) >= 11 is 0. The number of nitrogens with zero attached hydrogens (tertiary/aromatic N) is 2. The summed E-state index contributed by atoms with van der Waals surface area (Å²) in [5.41, 5.74) is 2.41. The zero-order valence-corrected chi connectivity index (χ0v) is 17.9. The van der Waals surface area contributed by atoms with Crippen molar-refractivity contribution in [2.75, 3.05) is 31.7 Å². The van der Waals surface area contributed by atoms with E-state index in [-0.39, 0.29) is 11.9 Å². The van der Waals surface area contributed by atoms with Crippen molar-refractivity contribution in [1.29, 1.82) is 0 Å². The van der Waals surface area contributed by atoms with Gasteiger partial charge in [-0.2, -0.15) is 0 Å². The Morgan fingerprint density at radius 1 is 1.00 bits per heavy atom. The molecule has 0 spiro atoms. The molecule has 0 saturated carbocycles. The minimum absolute atomic E-state index is 0.159. The van der Waals surface area contributed by atoms with E-state index in [4.69, 9.17) is 0 Å². The fourth-order valence-electron chi connectivity index (χ4n) is 4.71. The molecule has 2 aliphatic rings. The molecule has 2 aliphatic heterocycles. The quantitative estimate of drug-likeness (QED) is 0.692. The number of quaternary nitrogens is 1. The molecular weight excluding hydrogens is 376 g/mol. The van der Waals surface area contributed by atoms with Gasteiger partial charge < -0.3 is 15.1 Å². The summed E-state index contributed by atoms with van der Waals surface area (Å²) in [6.45, 7) is 5.23. The predicted octanol–water partition coefficient (Wildman–Crippen LogP) is 2.12. The summed E-state index contributed by atoms with van der Waals surface area (Å²) in [4.78, 5) is 31.0. The minimum atomic E-state index is -0.966. The Morgan fingerprint density at radius 2 is 1.67 bits per heavy atom. The van der Waals surface area contributed by atoms with E-state index in [0.29, 0.717) is 13.1 Å². The molecule has 2 saturated heterocycles. The van der Waals surface area contributed by atoms with Gasteiger partial charge >= 0.3 is 6.03 Å². The van der Waals surface area contributed by atoms with Crippen LogP contribution in [0.4, 0.5) is 10.5 Å². The zero-order chi connectivity index (χ0) is 21.1. The van der Waals surface area contributed by atoms with Crippen LogP contribution in [0.1, 0.15) is 37.3 Å². The standard InChI is InChI=1S/C24H30N4O2/c1-3-24(20-12-5-4-6-13-20)22(29)28(23(30)25-24)18-26(2)17-19-11-7-8-14-21(19)27-15-9-10-16-27/h4-8,11-14H,3,9-10,15-18H2,1-2H3,(H,25,30)/p+1/t24-/m1/s1. The van der Waals surface area contributed by atoms with Crippen molar-refractivity contribution in [2.24, 2.45) is 0 Å². The van der Waals surface area contributed by atoms with Gasteiger partial charge in [0.1, 0.15) is 12.1 Å². The normalized spacial score (nSPS) is 22.5. The van der Waals surface area contributed by atoms with Gasteiger partial charge in [0.05, 0.1) is 7.05 Å². The molecule has 158 valence electrons. The highest BCUT2D eigenvalue weighted by molar-refractivity contribution is 6.07. The first-order chi connectivity index (χ1) is 14.5. The maximum atomic E-state index is 13.4. The van der Waals surface area contributed by atoms with Crippen molar-refractivity contribution in [3.63, 3.8) is 0 Å². The third-order valence-electron chi connectivity index (χ3n) is 6.33. The average molecular weight is 408 g/mol. The van der Waals surface area contributed by atoms with E-state index in [1.165, 1.54) is 29.0 Å². The van der Waals surface area contributed by atoms with E-state index in [2.05, 4.69) is 34.5 Å². The van der Waals surface area contributed by atoms with Gasteiger partial charge in [0.25, 0.3) is 5.91 Å². The van der Waals surface area contributed by atoms with E-state index in [1.807, 2.05) is 44.3 Å². The lowest BCUT2D eigenvalue weighted by atomic mass is 9.87. The third kappa shape index (κ3) is 3.67. The van der Waals surface area contributed by atoms with Crippen molar-refractivity contribution < 1.29 is 14.5 Å². The summed E-state index contributed by atoms with van der Waals surface area (Å²) in [5.74, 6) is -0.159. The molecular formula is C24H31N4O2+. The van der Waals surface area contributed by atoms with Crippen molar-refractivity contribution in [3.8, 4) is 0 Å². The molecule has 0 aromatic heterocycles. The summed E-state index contributed by atoms with van der Waals surface area (Å²) in [5, 5.41) is 2.97. The number of hydrogen-bond acceptors (Lipinski definition) is 3. The van der Waals surface area contributed by atoms with E-state index >= 15 is 0 Å². The number of anilines is 1. The second-order valence-electron chi connectivity index (χ2n) is 8.40. The molecule has 2 aromatic rings. The highest BCUT2D eigenvalue weighted by atomic mass is 16.2. The fourth-order valence-corrected chi connectivity index (χ4v) is 4.71. The maximum absolute atomic E-state index is 13.4. The number of carbonyl (C=O) groups excluding carboxylic acids is 2. The van der Waals surface area contributed by atoms with Crippen LogP contribution in [0.5, 0.6) is 0 Å². The Labute approximate surface area is 178 Å². The molecule has 30 heavy (non-hydrogen) atoms. The topological polar surface area (TPSA) is 57.1 Å². The number of hydrogen-bond donors (Lipinski definition) is 2. The largest absolute Gasteiger partial charge is 0.371 e. The summed E-state index contributed by atoms with van der Waals surface area (Å²) in [6, 6.07) is 17.7. The number of carbonyl (C=O) groups is 2. The molecule has 6 heteroatoms. The molecule has 2 N–H and O–H groups in total. The molecule has 2 aromatic carbocycles. The SMILES string of the molecule is CC[C@]1(c2ccccc2)NC(=O)N(C[NH+](C)Cc2ccccc2N2CCCC2)C1=O. The minimum Gasteiger partial charge on any atom is -0.371 e. The molecule has 0 bridgehead atoms. The number of para-hydroxylation sites is 1. The average Bonchev–Trinajstić information content (AvgIpc) is 3.38. The van der Waals surface area contributed by atoms with Gasteiger partial charge in [-0.25, -0.2) is 9.69 Å². The number of nitrogens with one attached hydrogen (secondary N) is 2. The first-order valence-corrected chi connectivity index (χ1v) is 10.9. The van der Waals surface area contributed by atoms with Crippen molar-refractivity contribution >= 4 is 17.6 Å². The van der Waals surface area contributed by atoms with Crippen LogP contribution < -0.4 is 15.1 Å². The third-order valence-corrected chi connectivity index (χ3v) is 6.33. The van der Waals surface area contributed by atoms with Gasteiger partial charge in [0, 0.05) is 24.3 Å². The van der Waals surface area contributed by atoms with Crippen LogP contribution in [-0.2, 0) is 16.9 Å². The van der Waals surface area contributed by atoms with Crippen LogP contribution in [-0.4, -0.2) is 43.6 Å². The molecule has 0 radical (unpaired) electrons. The van der Waals surface area contributed by atoms with Crippen LogP contribution >= 0.6 is 0 Å². The lowest BCUT2D eigenvalue weighted by Crippen LogP contribution is -3.09. The molecule has 3 amide bonds. The van der Waals surface area contributed by atoms with Crippen molar-refractivity contribution in [1.82, 2.24) is 10.2 Å². The Morgan fingerprint density at radius 3 is 2.37 bits per heavy atom. The van der Waals surface area contributed by atoms with E-state index in [9.17, 15) is 9.59 Å². The second-order valence-corrected chi connectivity index (χ2v) is 8.40. The van der Waals surface area contributed by atoms with Gasteiger partial charge in [-0.15, -0.1) is 0 Å². The number of imide groups is 1. The molecule has 4 rings (SSSR count). The summed E-state index contributed by atoms with van der Waals surface area (Å²) in [6.07, 6.45) is 2.99. The van der Waals surface area contributed by atoms with Gasteiger partial charge in [0.15, 0.2) is 6.67 Å². The first kappa shape index (κ1) is 20.4. The fraction of sp³-hybridized carbons (Fsp3) is 0.417. The van der Waals surface area contributed by atoms with Crippen LogP contribution in [0.25, 0.3) is 0 Å². The maximum Gasteiger partial charge on any atom is 0.329 e. The molecule has 0 aliphatic carbocycles. The Kier molecular flexibility index (Phi) is 5.77. The second kappa shape index (κ2) is 8.48. The first-order valence-electron chi connectivity index (χ1n) is 10.9. The zero-order valence-electron chi connectivity index (χ0n) is 17.9. The molecule has 2 heterocycles. The van der Waals surface area contributed by atoms with Crippen LogP contribution in [0.2, 0.25) is 0 Å². The summed E-state index contributed by atoms with van der Waals surface area (Å²) in [7, 11) is 2.04. The monoisotopic (exact) mass is 407 g/mol. The lowest BCUT2D eigenvalue weighted by Gasteiger charge is -2.27. The Hall–Kier alpha value is -2.86. The number of urea groups is 1.